The Morgan fingerprint density at radius 2 is 1.94 bits per heavy atom. The predicted molar refractivity (Wildman–Crippen MR) is 70.7 cm³/mol. The molecule has 0 aromatic carbocycles. The first-order valence-electron chi connectivity index (χ1n) is 6.75. The van der Waals surface area contributed by atoms with E-state index in [-0.39, 0.29) is 12.1 Å². The van der Waals surface area contributed by atoms with Crippen LogP contribution in [0.25, 0.3) is 0 Å². The van der Waals surface area contributed by atoms with E-state index in [0.29, 0.717) is 17.8 Å². The van der Waals surface area contributed by atoms with Crippen molar-refractivity contribution in [3.05, 3.63) is 11.6 Å². The molecule has 17 heavy (non-hydrogen) atoms. The van der Waals surface area contributed by atoms with Gasteiger partial charge in [-0.3, -0.25) is 0 Å². The van der Waals surface area contributed by atoms with Crippen LogP contribution in [0.15, 0.2) is 11.6 Å². The molecule has 1 rings (SSSR count). The van der Waals surface area contributed by atoms with Gasteiger partial charge in [-0.25, -0.2) is 4.79 Å². The second-order valence-corrected chi connectivity index (χ2v) is 5.99. The third kappa shape index (κ3) is 4.53. The van der Waals surface area contributed by atoms with Gasteiger partial charge < -0.3 is 4.74 Å². The van der Waals surface area contributed by atoms with Gasteiger partial charge in [0.15, 0.2) is 0 Å². The van der Waals surface area contributed by atoms with Crippen LogP contribution in [0.1, 0.15) is 53.9 Å². The standard InChI is InChI=1S/C15H26O2/c1-10(2)8-15(16)17-14-9-13(11(3)4)7-6-12(14)5/h8,11-14H,6-7,9H2,1-5H3. The quantitative estimate of drug-likeness (QED) is 0.549. The van der Waals surface area contributed by atoms with Gasteiger partial charge in [0.2, 0.25) is 0 Å². The summed E-state index contributed by atoms with van der Waals surface area (Å²) in [5.74, 6) is 1.72. The number of carbonyl (C=O) groups excluding carboxylic acids is 1. The highest BCUT2D eigenvalue weighted by atomic mass is 16.5. The van der Waals surface area contributed by atoms with E-state index in [1.54, 1.807) is 6.08 Å². The van der Waals surface area contributed by atoms with Gasteiger partial charge in [-0.2, -0.15) is 0 Å². The summed E-state index contributed by atoms with van der Waals surface area (Å²) in [6, 6.07) is 0. The third-order valence-corrected chi connectivity index (χ3v) is 3.78. The number of allylic oxidation sites excluding steroid dienone is 1. The average molecular weight is 238 g/mol. The molecule has 0 aliphatic heterocycles. The Balaban J connectivity index is 2.56. The van der Waals surface area contributed by atoms with Crippen molar-refractivity contribution in [2.24, 2.45) is 17.8 Å². The van der Waals surface area contributed by atoms with Gasteiger partial charge >= 0.3 is 5.97 Å². The summed E-state index contributed by atoms with van der Waals surface area (Å²) in [5.41, 5.74) is 0.999. The van der Waals surface area contributed by atoms with Crippen LogP contribution in [-0.4, -0.2) is 12.1 Å². The minimum absolute atomic E-state index is 0.110. The van der Waals surface area contributed by atoms with Crippen molar-refractivity contribution >= 4 is 5.97 Å². The minimum atomic E-state index is -0.175. The van der Waals surface area contributed by atoms with E-state index in [2.05, 4.69) is 20.8 Å². The summed E-state index contributed by atoms with van der Waals surface area (Å²) < 4.78 is 5.58. The lowest BCUT2D eigenvalue weighted by Crippen LogP contribution is -2.33. The maximum absolute atomic E-state index is 11.6. The molecule has 3 atom stereocenters. The molecule has 0 bridgehead atoms. The fraction of sp³-hybridized carbons (Fsp3) is 0.800. The van der Waals surface area contributed by atoms with Crippen molar-refractivity contribution in [1.82, 2.24) is 0 Å². The maximum atomic E-state index is 11.6. The predicted octanol–water partition coefficient (Wildman–Crippen LogP) is 3.96. The molecule has 0 saturated heterocycles. The van der Waals surface area contributed by atoms with E-state index in [4.69, 9.17) is 4.74 Å². The normalized spacial score (nSPS) is 28.9. The lowest BCUT2D eigenvalue weighted by Gasteiger charge is -2.35. The first-order valence-corrected chi connectivity index (χ1v) is 6.75. The Morgan fingerprint density at radius 1 is 1.29 bits per heavy atom. The second-order valence-electron chi connectivity index (χ2n) is 5.99. The summed E-state index contributed by atoms with van der Waals surface area (Å²) in [6.45, 7) is 10.5. The highest BCUT2D eigenvalue weighted by Gasteiger charge is 2.31. The minimum Gasteiger partial charge on any atom is -0.459 e. The van der Waals surface area contributed by atoms with Gasteiger partial charge in [-0.1, -0.05) is 26.3 Å². The molecule has 0 aromatic heterocycles. The van der Waals surface area contributed by atoms with Crippen molar-refractivity contribution < 1.29 is 9.53 Å². The smallest absolute Gasteiger partial charge is 0.330 e. The van der Waals surface area contributed by atoms with E-state index in [0.717, 1.165) is 12.0 Å². The molecule has 2 heteroatoms. The van der Waals surface area contributed by atoms with Crippen LogP contribution < -0.4 is 0 Å². The summed E-state index contributed by atoms with van der Waals surface area (Å²) in [7, 11) is 0. The first kappa shape index (κ1) is 14.3. The van der Waals surface area contributed by atoms with Gasteiger partial charge in [0.1, 0.15) is 6.10 Å². The molecule has 1 aliphatic carbocycles. The molecule has 0 heterocycles. The van der Waals surface area contributed by atoms with E-state index in [9.17, 15) is 4.79 Å². The SMILES string of the molecule is CC(C)=CC(=O)OC1CC(C(C)C)CCC1C. The van der Waals surface area contributed by atoms with Gasteiger partial charge in [0.25, 0.3) is 0 Å². The van der Waals surface area contributed by atoms with Crippen molar-refractivity contribution in [2.45, 2.75) is 60.0 Å². The molecule has 98 valence electrons. The molecular weight excluding hydrogens is 212 g/mol. The third-order valence-electron chi connectivity index (χ3n) is 3.78. The molecule has 3 unspecified atom stereocenters. The Kier molecular flexibility index (Phi) is 5.23. The topological polar surface area (TPSA) is 26.3 Å². The number of hydrogen-bond acceptors (Lipinski definition) is 2. The zero-order valence-electron chi connectivity index (χ0n) is 11.8. The second kappa shape index (κ2) is 6.23. The summed E-state index contributed by atoms with van der Waals surface area (Å²) in [6.07, 6.45) is 5.18. The van der Waals surface area contributed by atoms with E-state index >= 15 is 0 Å². The molecule has 0 amide bonds. The van der Waals surface area contributed by atoms with Crippen LogP contribution in [0.4, 0.5) is 0 Å². The maximum Gasteiger partial charge on any atom is 0.330 e. The summed E-state index contributed by atoms with van der Waals surface area (Å²) in [4.78, 5) is 11.6. The monoisotopic (exact) mass is 238 g/mol. The first-order chi connectivity index (χ1) is 7.90. The fourth-order valence-electron chi connectivity index (χ4n) is 2.50. The van der Waals surface area contributed by atoms with Crippen molar-refractivity contribution in [3.63, 3.8) is 0 Å². The van der Waals surface area contributed by atoms with Crippen LogP contribution >= 0.6 is 0 Å². The number of carbonyl (C=O) groups is 1. The van der Waals surface area contributed by atoms with Gasteiger partial charge in [-0.15, -0.1) is 0 Å². The Morgan fingerprint density at radius 3 is 2.47 bits per heavy atom. The molecule has 2 nitrogen and oxygen atoms in total. The van der Waals surface area contributed by atoms with Crippen LogP contribution in [-0.2, 0) is 9.53 Å². The lowest BCUT2D eigenvalue weighted by molar-refractivity contribution is -0.148. The average Bonchev–Trinajstić information content (AvgIpc) is 2.19. The number of hydrogen-bond donors (Lipinski definition) is 0. The van der Waals surface area contributed by atoms with Gasteiger partial charge in [0.05, 0.1) is 0 Å². The zero-order chi connectivity index (χ0) is 13.0. The molecule has 1 fully saturated rings. The van der Waals surface area contributed by atoms with Crippen LogP contribution in [0.2, 0.25) is 0 Å². The van der Waals surface area contributed by atoms with Crippen LogP contribution in [0, 0.1) is 17.8 Å². The largest absolute Gasteiger partial charge is 0.459 e. The molecule has 0 spiro atoms. The van der Waals surface area contributed by atoms with E-state index < -0.39 is 0 Å². The molecule has 1 aliphatic rings. The number of ether oxygens (including phenoxy) is 1. The van der Waals surface area contributed by atoms with Gasteiger partial charge in [0, 0.05) is 6.08 Å². The zero-order valence-corrected chi connectivity index (χ0v) is 11.8. The van der Waals surface area contributed by atoms with Crippen molar-refractivity contribution in [1.29, 1.82) is 0 Å². The summed E-state index contributed by atoms with van der Waals surface area (Å²) in [5, 5.41) is 0. The number of rotatable bonds is 3. The van der Waals surface area contributed by atoms with E-state index in [1.807, 2.05) is 13.8 Å². The van der Waals surface area contributed by atoms with Crippen molar-refractivity contribution in [3.8, 4) is 0 Å². The van der Waals surface area contributed by atoms with E-state index in [1.165, 1.54) is 12.8 Å². The molecule has 1 saturated carbocycles. The molecule has 0 N–H and O–H groups in total. The number of esters is 1. The van der Waals surface area contributed by atoms with Crippen molar-refractivity contribution in [2.75, 3.05) is 0 Å². The highest BCUT2D eigenvalue weighted by Crippen LogP contribution is 2.35. The molecule has 0 radical (unpaired) electrons. The highest BCUT2D eigenvalue weighted by molar-refractivity contribution is 5.82. The Labute approximate surface area is 105 Å². The van der Waals surface area contributed by atoms with Gasteiger partial charge in [-0.05, 0) is 50.9 Å². The molecular formula is C15H26O2. The van der Waals surface area contributed by atoms with Crippen LogP contribution in [0.5, 0.6) is 0 Å². The Hall–Kier alpha value is -0.790. The fourth-order valence-corrected chi connectivity index (χ4v) is 2.50. The van der Waals surface area contributed by atoms with Crippen LogP contribution in [0.3, 0.4) is 0 Å². The summed E-state index contributed by atoms with van der Waals surface area (Å²) >= 11 is 0. The lowest BCUT2D eigenvalue weighted by atomic mass is 9.76. The Bertz CT molecular complexity index is 287. The molecule has 0 aromatic rings.